The van der Waals surface area contributed by atoms with Crippen LogP contribution < -0.4 is 16.3 Å². The van der Waals surface area contributed by atoms with Crippen molar-refractivity contribution in [3.05, 3.63) is 42.2 Å². The van der Waals surface area contributed by atoms with Crippen molar-refractivity contribution >= 4 is 0 Å². The quantitative estimate of drug-likeness (QED) is 0.583. The zero-order chi connectivity index (χ0) is 12.0. The van der Waals surface area contributed by atoms with E-state index in [9.17, 15) is 0 Å². The second-order valence-electron chi connectivity index (χ2n) is 3.85. The van der Waals surface area contributed by atoms with E-state index in [1.807, 2.05) is 44.2 Å². The van der Waals surface area contributed by atoms with Gasteiger partial charge in [0.1, 0.15) is 12.4 Å². The molecule has 0 unspecified atom stereocenters. The largest absolute Gasteiger partial charge is 0.487 e. The van der Waals surface area contributed by atoms with E-state index in [1.165, 1.54) is 0 Å². The molecule has 0 bridgehead atoms. The predicted octanol–water partition coefficient (Wildman–Crippen LogP) is 1.45. The van der Waals surface area contributed by atoms with Crippen LogP contribution in [0.5, 0.6) is 5.75 Å². The fraction of sp³-hybridized carbons (Fsp3) is 0.333. The summed E-state index contributed by atoms with van der Waals surface area (Å²) in [5.74, 6) is 6.51. The highest BCUT2D eigenvalue weighted by atomic mass is 16.5. The summed E-state index contributed by atoms with van der Waals surface area (Å²) in [7, 11) is 0. The van der Waals surface area contributed by atoms with Gasteiger partial charge in [0.05, 0.1) is 5.70 Å². The van der Waals surface area contributed by atoms with Crippen LogP contribution in [-0.4, -0.2) is 17.7 Å². The Hall–Kier alpha value is -1.68. The number of para-hydroxylation sites is 1. The highest BCUT2D eigenvalue weighted by Crippen LogP contribution is 2.08. The van der Waals surface area contributed by atoms with Gasteiger partial charge in [0, 0.05) is 12.2 Å². The van der Waals surface area contributed by atoms with Gasteiger partial charge in [-0.25, -0.2) is 5.84 Å². The summed E-state index contributed by atoms with van der Waals surface area (Å²) in [6, 6.07) is 9.76. The normalized spacial score (nSPS) is 11.6. The van der Waals surface area contributed by atoms with Crippen molar-refractivity contribution in [3.8, 4) is 5.75 Å². The van der Waals surface area contributed by atoms with Crippen molar-refractivity contribution in [1.29, 1.82) is 0 Å². The zero-order valence-corrected chi connectivity index (χ0v) is 9.76. The maximum absolute atomic E-state index is 5.77. The van der Waals surface area contributed by atoms with Crippen LogP contribution in [0, 0.1) is 0 Å². The molecule has 0 aromatic heterocycles. The molecule has 1 rings (SSSR count). The first-order valence-corrected chi connectivity index (χ1v) is 5.26. The molecule has 16 heavy (non-hydrogen) atoms. The summed E-state index contributed by atoms with van der Waals surface area (Å²) >= 11 is 0. The minimum absolute atomic E-state index is 0.218. The summed E-state index contributed by atoms with van der Waals surface area (Å²) in [4.78, 5) is 0. The van der Waals surface area contributed by atoms with Gasteiger partial charge in [0.15, 0.2) is 0 Å². The van der Waals surface area contributed by atoms with E-state index in [4.69, 9.17) is 16.3 Å². The summed E-state index contributed by atoms with van der Waals surface area (Å²) in [6.07, 6.45) is 1.69. The lowest BCUT2D eigenvalue weighted by molar-refractivity contribution is 0.306. The Labute approximate surface area is 96.5 Å². The van der Waals surface area contributed by atoms with Gasteiger partial charge >= 0.3 is 0 Å². The van der Waals surface area contributed by atoms with Crippen molar-refractivity contribution in [2.45, 2.75) is 19.9 Å². The van der Waals surface area contributed by atoms with Crippen LogP contribution in [0.4, 0.5) is 0 Å². The lowest BCUT2D eigenvalue weighted by Gasteiger charge is -2.19. The molecule has 0 fully saturated rings. The second-order valence-corrected chi connectivity index (χ2v) is 3.85. The van der Waals surface area contributed by atoms with Gasteiger partial charge in [0.25, 0.3) is 0 Å². The van der Waals surface area contributed by atoms with Crippen LogP contribution in [0.1, 0.15) is 13.8 Å². The maximum Gasteiger partial charge on any atom is 0.129 e. The standard InChI is InChI=1S/C12H19N3O/c1-10(2)15(14)8-11(13)9-16-12-6-4-3-5-7-12/h3-8,10H,9,13-14H2,1-2H3/b11-8-. The summed E-state index contributed by atoms with van der Waals surface area (Å²) in [5.41, 5.74) is 6.37. The summed E-state index contributed by atoms with van der Waals surface area (Å²) < 4.78 is 5.47. The van der Waals surface area contributed by atoms with Gasteiger partial charge in [-0.3, -0.25) is 0 Å². The first-order valence-electron chi connectivity index (χ1n) is 5.26. The third-order valence-electron chi connectivity index (χ3n) is 2.06. The van der Waals surface area contributed by atoms with Crippen molar-refractivity contribution < 1.29 is 4.74 Å². The van der Waals surface area contributed by atoms with Gasteiger partial charge in [0.2, 0.25) is 0 Å². The maximum atomic E-state index is 5.77. The molecule has 0 amide bonds. The summed E-state index contributed by atoms with van der Waals surface area (Å²) in [5, 5.41) is 1.56. The molecule has 0 aliphatic carbocycles. The van der Waals surface area contributed by atoms with E-state index >= 15 is 0 Å². The number of benzene rings is 1. The Morgan fingerprint density at radius 2 is 2.00 bits per heavy atom. The van der Waals surface area contributed by atoms with E-state index in [1.54, 1.807) is 11.2 Å². The predicted molar refractivity (Wildman–Crippen MR) is 65.4 cm³/mol. The molecular weight excluding hydrogens is 202 g/mol. The van der Waals surface area contributed by atoms with E-state index in [0.717, 1.165) is 5.75 Å². The molecule has 0 aliphatic rings. The Bertz CT molecular complexity index is 335. The Kier molecular flexibility index (Phi) is 4.66. The molecule has 1 aromatic carbocycles. The van der Waals surface area contributed by atoms with Gasteiger partial charge < -0.3 is 15.5 Å². The number of nitrogens with zero attached hydrogens (tertiary/aromatic N) is 1. The molecule has 0 aliphatic heterocycles. The van der Waals surface area contributed by atoms with Crippen molar-refractivity contribution in [1.82, 2.24) is 5.01 Å². The van der Waals surface area contributed by atoms with Crippen molar-refractivity contribution in [2.75, 3.05) is 6.61 Å². The first-order chi connectivity index (χ1) is 7.59. The molecule has 0 radical (unpaired) electrons. The van der Waals surface area contributed by atoms with Crippen LogP contribution in [0.15, 0.2) is 42.2 Å². The number of hydrogen-bond acceptors (Lipinski definition) is 4. The number of nitrogens with two attached hydrogens (primary N) is 2. The minimum atomic E-state index is 0.218. The van der Waals surface area contributed by atoms with Gasteiger partial charge in [-0.15, -0.1) is 0 Å². The number of hydrazine groups is 1. The SMILES string of the molecule is CC(C)N(N)/C=C(\N)COc1ccccc1. The Morgan fingerprint density at radius 3 is 2.56 bits per heavy atom. The fourth-order valence-corrected chi connectivity index (χ4v) is 1.06. The van der Waals surface area contributed by atoms with Crippen molar-refractivity contribution in [3.63, 3.8) is 0 Å². The van der Waals surface area contributed by atoms with E-state index in [-0.39, 0.29) is 6.04 Å². The second kappa shape index (κ2) is 6.02. The van der Waals surface area contributed by atoms with E-state index < -0.39 is 0 Å². The Morgan fingerprint density at radius 1 is 1.38 bits per heavy atom. The topological polar surface area (TPSA) is 64.5 Å². The fourth-order valence-electron chi connectivity index (χ4n) is 1.06. The van der Waals surface area contributed by atoms with E-state index in [2.05, 4.69) is 0 Å². The molecule has 0 saturated carbocycles. The van der Waals surface area contributed by atoms with E-state index in [0.29, 0.717) is 12.3 Å². The van der Waals surface area contributed by atoms with Crippen LogP contribution >= 0.6 is 0 Å². The average molecular weight is 221 g/mol. The zero-order valence-electron chi connectivity index (χ0n) is 9.76. The molecule has 88 valence electrons. The first kappa shape index (κ1) is 12.4. The van der Waals surface area contributed by atoms with Crippen LogP contribution in [-0.2, 0) is 0 Å². The highest BCUT2D eigenvalue weighted by Gasteiger charge is 2.00. The Balaban J connectivity index is 2.44. The molecule has 4 heteroatoms. The molecule has 1 aromatic rings. The van der Waals surface area contributed by atoms with Crippen LogP contribution in [0.2, 0.25) is 0 Å². The number of rotatable bonds is 5. The van der Waals surface area contributed by atoms with Crippen molar-refractivity contribution in [2.24, 2.45) is 11.6 Å². The highest BCUT2D eigenvalue weighted by molar-refractivity contribution is 5.21. The molecular formula is C12H19N3O. The number of ether oxygens (including phenoxy) is 1. The monoisotopic (exact) mass is 221 g/mol. The number of hydrogen-bond donors (Lipinski definition) is 2. The third-order valence-corrected chi connectivity index (χ3v) is 2.06. The molecule has 0 spiro atoms. The molecule has 4 N–H and O–H groups in total. The van der Waals surface area contributed by atoms with Gasteiger partial charge in [-0.1, -0.05) is 18.2 Å². The average Bonchev–Trinajstić information content (AvgIpc) is 2.27. The lowest BCUT2D eigenvalue weighted by atomic mass is 10.3. The molecule has 4 nitrogen and oxygen atoms in total. The summed E-state index contributed by atoms with van der Waals surface area (Å²) in [6.45, 7) is 4.31. The lowest BCUT2D eigenvalue weighted by Crippen LogP contribution is -2.33. The molecule has 0 saturated heterocycles. The van der Waals surface area contributed by atoms with Gasteiger partial charge in [-0.05, 0) is 26.0 Å². The van der Waals surface area contributed by atoms with Crippen LogP contribution in [0.3, 0.4) is 0 Å². The van der Waals surface area contributed by atoms with Gasteiger partial charge in [-0.2, -0.15) is 0 Å². The third kappa shape index (κ3) is 4.23. The molecule has 0 atom stereocenters. The molecule has 0 heterocycles. The van der Waals surface area contributed by atoms with Crippen LogP contribution in [0.25, 0.3) is 0 Å². The minimum Gasteiger partial charge on any atom is -0.487 e. The smallest absolute Gasteiger partial charge is 0.129 e.